The van der Waals surface area contributed by atoms with E-state index < -0.39 is 0 Å². The lowest BCUT2D eigenvalue weighted by molar-refractivity contribution is 0.181. The summed E-state index contributed by atoms with van der Waals surface area (Å²) < 4.78 is 5.82. The Hall–Kier alpha value is -1.52. The second-order valence-corrected chi connectivity index (χ2v) is 5.62. The molecule has 4 heteroatoms. The molecule has 0 radical (unpaired) electrons. The number of nitrogens with zero attached hydrogens (tertiary/aromatic N) is 1. The highest BCUT2D eigenvalue weighted by molar-refractivity contribution is 7.71. The number of hydrogen-bond acceptors (Lipinski definition) is 3. The van der Waals surface area contributed by atoms with E-state index in [9.17, 15) is 0 Å². The molecule has 0 fully saturated rings. The largest absolute Gasteiger partial charge is 0.378 e. The quantitative estimate of drug-likeness (QED) is 0.873. The summed E-state index contributed by atoms with van der Waals surface area (Å²) in [5, 5.41) is 0. The molecule has 1 aliphatic carbocycles. The molecule has 3 rings (SSSR count). The topological polar surface area (TPSA) is 37.9 Å². The Morgan fingerprint density at radius 2 is 2.25 bits per heavy atom. The molecule has 1 aromatic carbocycles. The normalized spacial score (nSPS) is 17.8. The minimum Gasteiger partial charge on any atom is -0.378 e. The molecule has 0 amide bonds. The van der Waals surface area contributed by atoms with Crippen molar-refractivity contribution < 1.29 is 4.74 Å². The summed E-state index contributed by atoms with van der Waals surface area (Å²) in [5.74, 6) is 1.29. The summed E-state index contributed by atoms with van der Waals surface area (Å²) in [7, 11) is 1.69. The lowest BCUT2D eigenvalue weighted by Crippen LogP contribution is -2.14. The predicted molar refractivity (Wildman–Crippen MR) is 81.4 cm³/mol. The van der Waals surface area contributed by atoms with E-state index in [1.54, 1.807) is 7.11 Å². The lowest BCUT2D eigenvalue weighted by atomic mass is 9.82. The molecule has 0 bridgehead atoms. The first-order valence-electron chi connectivity index (χ1n) is 6.95. The zero-order chi connectivity index (χ0) is 13.9. The van der Waals surface area contributed by atoms with Gasteiger partial charge in [0.05, 0.1) is 6.61 Å². The maximum Gasteiger partial charge on any atom is 0.130 e. The molecule has 0 saturated heterocycles. The third-order valence-corrected chi connectivity index (χ3v) is 4.03. The molecule has 20 heavy (non-hydrogen) atoms. The fourth-order valence-electron chi connectivity index (χ4n) is 2.96. The van der Waals surface area contributed by atoms with Crippen LogP contribution in [-0.4, -0.2) is 17.1 Å². The number of aryl methyl sites for hydroxylation is 1. The Morgan fingerprint density at radius 1 is 1.40 bits per heavy atom. The maximum absolute atomic E-state index is 5.28. The molecule has 1 heterocycles. The van der Waals surface area contributed by atoms with Gasteiger partial charge >= 0.3 is 0 Å². The predicted octanol–water partition coefficient (Wildman–Crippen LogP) is 3.75. The van der Waals surface area contributed by atoms with E-state index in [0.29, 0.717) is 17.2 Å². The van der Waals surface area contributed by atoms with E-state index in [1.807, 2.05) is 6.07 Å². The fourth-order valence-corrected chi connectivity index (χ4v) is 3.21. The van der Waals surface area contributed by atoms with Gasteiger partial charge in [0.2, 0.25) is 0 Å². The van der Waals surface area contributed by atoms with Crippen LogP contribution >= 0.6 is 12.2 Å². The highest BCUT2D eigenvalue weighted by Gasteiger charge is 2.23. The van der Waals surface area contributed by atoms with Gasteiger partial charge in [-0.1, -0.05) is 36.5 Å². The SMILES string of the molecule is COCc1cc(=S)nc(C2CCCc3ccccc32)[nH]1. The van der Waals surface area contributed by atoms with Crippen LogP contribution in [0.1, 0.15) is 41.4 Å². The number of aromatic amines is 1. The Balaban J connectivity index is 2.04. The summed E-state index contributed by atoms with van der Waals surface area (Å²) in [6.45, 7) is 0.535. The number of rotatable bonds is 3. The zero-order valence-electron chi connectivity index (χ0n) is 11.6. The minimum atomic E-state index is 0.318. The molecule has 2 aromatic rings. The van der Waals surface area contributed by atoms with Gasteiger partial charge in [-0.05, 0) is 36.5 Å². The third-order valence-electron chi connectivity index (χ3n) is 3.82. The number of ether oxygens (including phenoxy) is 1. The van der Waals surface area contributed by atoms with Crippen LogP contribution in [-0.2, 0) is 17.8 Å². The van der Waals surface area contributed by atoms with Gasteiger partial charge in [-0.25, -0.2) is 4.98 Å². The highest BCUT2D eigenvalue weighted by atomic mass is 32.1. The molecule has 1 unspecified atom stereocenters. The van der Waals surface area contributed by atoms with E-state index in [2.05, 4.69) is 34.2 Å². The van der Waals surface area contributed by atoms with Crippen molar-refractivity contribution >= 4 is 12.2 Å². The van der Waals surface area contributed by atoms with E-state index in [1.165, 1.54) is 17.5 Å². The Kier molecular flexibility index (Phi) is 3.94. The van der Waals surface area contributed by atoms with Crippen molar-refractivity contribution in [2.45, 2.75) is 31.8 Å². The molecular weight excluding hydrogens is 268 g/mol. The summed E-state index contributed by atoms with van der Waals surface area (Å²) in [6, 6.07) is 10.5. The van der Waals surface area contributed by atoms with E-state index in [0.717, 1.165) is 24.4 Å². The second-order valence-electron chi connectivity index (χ2n) is 5.21. The first-order chi connectivity index (χ1) is 9.78. The van der Waals surface area contributed by atoms with E-state index >= 15 is 0 Å². The number of aromatic nitrogens is 2. The highest BCUT2D eigenvalue weighted by Crippen LogP contribution is 2.34. The summed E-state index contributed by atoms with van der Waals surface area (Å²) in [4.78, 5) is 7.94. The molecule has 104 valence electrons. The monoisotopic (exact) mass is 286 g/mol. The van der Waals surface area contributed by atoms with Gasteiger partial charge in [0, 0.05) is 18.7 Å². The van der Waals surface area contributed by atoms with Crippen molar-refractivity contribution in [3.8, 4) is 0 Å². The Labute approximate surface area is 124 Å². The number of methoxy groups -OCH3 is 1. The van der Waals surface area contributed by atoms with Crippen molar-refractivity contribution in [3.05, 3.63) is 57.6 Å². The van der Waals surface area contributed by atoms with Gasteiger partial charge in [-0.15, -0.1) is 0 Å². The average molecular weight is 286 g/mol. The van der Waals surface area contributed by atoms with Crippen molar-refractivity contribution in [1.29, 1.82) is 0 Å². The molecule has 3 nitrogen and oxygen atoms in total. The number of H-pyrrole nitrogens is 1. The standard InChI is InChI=1S/C16H18N2OS/c1-19-10-12-9-15(20)18-16(17-12)14-8-4-6-11-5-2-3-7-13(11)14/h2-3,5,7,9,14H,4,6,8,10H2,1H3,(H,17,18,20). The molecule has 0 spiro atoms. The molecule has 1 N–H and O–H groups in total. The van der Waals surface area contributed by atoms with Crippen LogP contribution in [0.15, 0.2) is 30.3 Å². The van der Waals surface area contributed by atoms with E-state index in [-0.39, 0.29) is 0 Å². The fraction of sp³-hybridized carbons (Fsp3) is 0.375. The van der Waals surface area contributed by atoms with Crippen LogP contribution in [0.5, 0.6) is 0 Å². The van der Waals surface area contributed by atoms with Gasteiger partial charge in [0.1, 0.15) is 10.5 Å². The second kappa shape index (κ2) is 5.85. The van der Waals surface area contributed by atoms with Gasteiger partial charge in [-0.2, -0.15) is 0 Å². The van der Waals surface area contributed by atoms with Crippen LogP contribution in [0.3, 0.4) is 0 Å². The summed E-state index contributed by atoms with van der Waals surface area (Å²) >= 11 is 5.28. The van der Waals surface area contributed by atoms with E-state index in [4.69, 9.17) is 17.0 Å². The van der Waals surface area contributed by atoms with Crippen molar-refractivity contribution in [2.75, 3.05) is 7.11 Å². The zero-order valence-corrected chi connectivity index (χ0v) is 12.4. The van der Waals surface area contributed by atoms with Crippen molar-refractivity contribution in [1.82, 2.24) is 9.97 Å². The molecule has 1 atom stereocenters. The van der Waals surface area contributed by atoms with Crippen molar-refractivity contribution in [3.63, 3.8) is 0 Å². The van der Waals surface area contributed by atoms with Crippen LogP contribution in [0.4, 0.5) is 0 Å². The lowest BCUT2D eigenvalue weighted by Gasteiger charge is -2.25. The Bertz CT molecular complexity index is 666. The molecule has 1 aliphatic rings. The van der Waals surface area contributed by atoms with Crippen LogP contribution in [0.2, 0.25) is 0 Å². The first kappa shape index (κ1) is 13.5. The number of fused-ring (bicyclic) bond motifs is 1. The Morgan fingerprint density at radius 3 is 3.10 bits per heavy atom. The number of benzene rings is 1. The third kappa shape index (κ3) is 2.67. The first-order valence-corrected chi connectivity index (χ1v) is 7.35. The van der Waals surface area contributed by atoms with Crippen LogP contribution in [0.25, 0.3) is 0 Å². The van der Waals surface area contributed by atoms with Gasteiger partial charge in [0.15, 0.2) is 0 Å². The molecule has 0 aliphatic heterocycles. The summed E-state index contributed by atoms with van der Waals surface area (Å²) in [5.41, 5.74) is 3.80. The summed E-state index contributed by atoms with van der Waals surface area (Å²) in [6.07, 6.45) is 3.47. The van der Waals surface area contributed by atoms with Crippen LogP contribution in [0, 0.1) is 4.64 Å². The van der Waals surface area contributed by atoms with Gasteiger partial charge < -0.3 is 9.72 Å². The number of hydrogen-bond donors (Lipinski definition) is 1. The van der Waals surface area contributed by atoms with Gasteiger partial charge in [0.25, 0.3) is 0 Å². The van der Waals surface area contributed by atoms with Crippen LogP contribution < -0.4 is 0 Å². The number of nitrogens with one attached hydrogen (secondary N) is 1. The van der Waals surface area contributed by atoms with Gasteiger partial charge in [-0.3, -0.25) is 0 Å². The van der Waals surface area contributed by atoms with Crippen molar-refractivity contribution in [2.24, 2.45) is 0 Å². The average Bonchev–Trinajstić information content (AvgIpc) is 2.46. The minimum absolute atomic E-state index is 0.318. The smallest absolute Gasteiger partial charge is 0.130 e. The molecule has 0 saturated carbocycles. The maximum atomic E-state index is 5.28. The molecule has 1 aromatic heterocycles. The molecular formula is C16H18N2OS.